The van der Waals surface area contributed by atoms with Crippen LogP contribution in [0.15, 0.2) is 18.2 Å². The number of amides is 2. The molecule has 0 aliphatic carbocycles. The van der Waals surface area contributed by atoms with E-state index >= 15 is 0 Å². The first-order valence-electron chi connectivity index (χ1n) is 6.98. The van der Waals surface area contributed by atoms with Gasteiger partial charge in [0.25, 0.3) is 0 Å². The zero-order valence-corrected chi connectivity index (χ0v) is 13.7. The molecular formula is C15H21ClN2O4. The van der Waals surface area contributed by atoms with Gasteiger partial charge in [0.1, 0.15) is 5.75 Å². The Hall–Kier alpha value is -1.79. The van der Waals surface area contributed by atoms with Gasteiger partial charge in [-0.1, -0.05) is 11.6 Å². The maximum Gasteiger partial charge on any atom is 0.313 e. The van der Waals surface area contributed by atoms with Gasteiger partial charge in [-0.15, -0.1) is 0 Å². The highest BCUT2D eigenvalue weighted by atomic mass is 35.5. The predicted octanol–water partition coefficient (Wildman–Crippen LogP) is 2.22. The Labute approximate surface area is 135 Å². The SMILES string of the molecule is COc1ccc(Cl)cc1NC(=O)C(=O)NCCCOC(C)C. The fraction of sp³-hybridized carbons (Fsp3) is 0.467. The molecule has 0 aliphatic rings. The van der Waals surface area contributed by atoms with E-state index in [1.54, 1.807) is 12.1 Å². The molecule has 2 N–H and O–H groups in total. The Balaban J connectivity index is 2.44. The molecule has 0 heterocycles. The number of ether oxygens (including phenoxy) is 2. The second kappa shape index (κ2) is 9.27. The van der Waals surface area contributed by atoms with Crippen molar-refractivity contribution in [1.82, 2.24) is 5.32 Å². The lowest BCUT2D eigenvalue weighted by Gasteiger charge is -2.11. The van der Waals surface area contributed by atoms with Crippen molar-refractivity contribution < 1.29 is 19.1 Å². The van der Waals surface area contributed by atoms with Crippen molar-refractivity contribution >= 4 is 29.1 Å². The molecule has 2 amide bonds. The van der Waals surface area contributed by atoms with Crippen molar-refractivity contribution in [2.45, 2.75) is 26.4 Å². The molecule has 122 valence electrons. The van der Waals surface area contributed by atoms with Crippen molar-refractivity contribution in [3.63, 3.8) is 0 Å². The van der Waals surface area contributed by atoms with E-state index in [9.17, 15) is 9.59 Å². The number of carbonyl (C=O) groups is 2. The maximum atomic E-state index is 11.8. The highest BCUT2D eigenvalue weighted by Gasteiger charge is 2.15. The maximum absolute atomic E-state index is 11.8. The van der Waals surface area contributed by atoms with Crippen LogP contribution in [-0.4, -0.2) is 38.2 Å². The minimum Gasteiger partial charge on any atom is -0.495 e. The second-order valence-corrected chi connectivity index (χ2v) is 5.26. The van der Waals surface area contributed by atoms with Gasteiger partial charge in [0.15, 0.2) is 0 Å². The minimum absolute atomic E-state index is 0.147. The molecule has 0 fully saturated rings. The number of carbonyl (C=O) groups excluding carboxylic acids is 2. The van der Waals surface area contributed by atoms with E-state index in [0.717, 1.165) is 0 Å². The topological polar surface area (TPSA) is 76.7 Å². The molecule has 0 aromatic heterocycles. The van der Waals surface area contributed by atoms with Crippen molar-refractivity contribution in [2.75, 3.05) is 25.6 Å². The number of nitrogens with one attached hydrogen (secondary N) is 2. The third-order valence-corrected chi connectivity index (χ3v) is 2.91. The van der Waals surface area contributed by atoms with Crippen LogP contribution in [0.2, 0.25) is 5.02 Å². The highest BCUT2D eigenvalue weighted by Crippen LogP contribution is 2.27. The smallest absolute Gasteiger partial charge is 0.313 e. The first-order valence-corrected chi connectivity index (χ1v) is 7.36. The first-order chi connectivity index (χ1) is 10.4. The Morgan fingerprint density at radius 3 is 2.64 bits per heavy atom. The summed E-state index contributed by atoms with van der Waals surface area (Å²) in [4.78, 5) is 23.5. The van der Waals surface area contributed by atoms with Crippen LogP contribution in [0.5, 0.6) is 5.75 Å². The molecule has 22 heavy (non-hydrogen) atoms. The van der Waals surface area contributed by atoms with E-state index in [2.05, 4.69) is 10.6 Å². The predicted molar refractivity (Wildman–Crippen MR) is 85.3 cm³/mol. The van der Waals surface area contributed by atoms with Crippen LogP contribution in [0.4, 0.5) is 5.69 Å². The number of hydrogen-bond acceptors (Lipinski definition) is 4. The molecule has 0 saturated heterocycles. The largest absolute Gasteiger partial charge is 0.495 e. The molecule has 0 saturated carbocycles. The molecule has 0 radical (unpaired) electrons. The zero-order valence-electron chi connectivity index (χ0n) is 12.9. The van der Waals surface area contributed by atoms with Gasteiger partial charge in [0, 0.05) is 18.2 Å². The van der Waals surface area contributed by atoms with Crippen molar-refractivity contribution in [1.29, 1.82) is 0 Å². The average Bonchev–Trinajstić information content (AvgIpc) is 2.46. The Morgan fingerprint density at radius 1 is 1.27 bits per heavy atom. The summed E-state index contributed by atoms with van der Waals surface area (Å²) in [6.45, 7) is 4.77. The Morgan fingerprint density at radius 2 is 2.00 bits per heavy atom. The molecule has 7 heteroatoms. The van der Waals surface area contributed by atoms with E-state index in [0.29, 0.717) is 36.0 Å². The molecule has 0 unspecified atom stereocenters. The third kappa shape index (κ3) is 6.32. The van der Waals surface area contributed by atoms with Crippen LogP contribution in [0.1, 0.15) is 20.3 Å². The van der Waals surface area contributed by atoms with Crippen LogP contribution in [0.25, 0.3) is 0 Å². The van der Waals surface area contributed by atoms with Gasteiger partial charge in [-0.2, -0.15) is 0 Å². The van der Waals surface area contributed by atoms with Crippen molar-refractivity contribution in [3.8, 4) is 5.75 Å². The number of hydrogen-bond donors (Lipinski definition) is 2. The van der Waals surface area contributed by atoms with E-state index in [1.807, 2.05) is 13.8 Å². The van der Waals surface area contributed by atoms with Gasteiger partial charge >= 0.3 is 11.8 Å². The van der Waals surface area contributed by atoms with Crippen molar-refractivity contribution in [2.24, 2.45) is 0 Å². The molecule has 0 bridgehead atoms. The summed E-state index contributed by atoms with van der Waals surface area (Å²) in [5.74, 6) is -1.06. The summed E-state index contributed by atoms with van der Waals surface area (Å²) >= 11 is 5.86. The van der Waals surface area contributed by atoms with Crippen LogP contribution < -0.4 is 15.4 Å². The Bertz CT molecular complexity index is 520. The lowest BCUT2D eigenvalue weighted by atomic mass is 10.3. The lowest BCUT2D eigenvalue weighted by Crippen LogP contribution is -2.36. The molecule has 0 aliphatic heterocycles. The van der Waals surface area contributed by atoms with Crippen LogP contribution >= 0.6 is 11.6 Å². The molecular weight excluding hydrogens is 308 g/mol. The number of methoxy groups -OCH3 is 1. The summed E-state index contributed by atoms with van der Waals surface area (Å²) in [6, 6.07) is 4.76. The molecule has 0 spiro atoms. The monoisotopic (exact) mass is 328 g/mol. The van der Waals surface area contributed by atoms with Gasteiger partial charge < -0.3 is 20.1 Å². The summed E-state index contributed by atoms with van der Waals surface area (Å²) in [5.41, 5.74) is 0.346. The van der Waals surface area contributed by atoms with Crippen LogP contribution in [-0.2, 0) is 14.3 Å². The number of anilines is 1. The van der Waals surface area contributed by atoms with Crippen LogP contribution in [0, 0.1) is 0 Å². The summed E-state index contributed by atoms with van der Waals surface area (Å²) in [6.07, 6.45) is 0.784. The molecule has 1 aromatic rings. The molecule has 1 rings (SSSR count). The van der Waals surface area contributed by atoms with Gasteiger partial charge in [0.2, 0.25) is 0 Å². The zero-order chi connectivity index (χ0) is 16.5. The number of halogens is 1. The quantitative estimate of drug-likeness (QED) is 0.594. The third-order valence-electron chi connectivity index (χ3n) is 2.67. The van der Waals surface area contributed by atoms with Gasteiger partial charge in [-0.25, -0.2) is 0 Å². The fourth-order valence-corrected chi connectivity index (χ4v) is 1.80. The molecule has 0 atom stereocenters. The first kappa shape index (κ1) is 18.3. The van der Waals surface area contributed by atoms with E-state index in [1.165, 1.54) is 13.2 Å². The summed E-state index contributed by atoms with van der Waals surface area (Å²) in [7, 11) is 1.47. The minimum atomic E-state index is -0.773. The average molecular weight is 329 g/mol. The standard InChI is InChI=1S/C15H21ClN2O4/c1-10(2)22-8-4-7-17-14(19)15(20)18-12-9-11(16)5-6-13(12)21-3/h5-6,9-10H,4,7-8H2,1-3H3,(H,17,19)(H,18,20). The Kier molecular flexibility index (Phi) is 7.70. The van der Waals surface area contributed by atoms with E-state index in [4.69, 9.17) is 21.1 Å². The van der Waals surface area contributed by atoms with Gasteiger partial charge in [-0.05, 0) is 38.5 Å². The highest BCUT2D eigenvalue weighted by molar-refractivity contribution is 6.40. The molecule has 1 aromatic carbocycles. The molecule has 6 nitrogen and oxygen atoms in total. The van der Waals surface area contributed by atoms with E-state index in [-0.39, 0.29) is 6.10 Å². The van der Waals surface area contributed by atoms with Crippen molar-refractivity contribution in [3.05, 3.63) is 23.2 Å². The number of benzene rings is 1. The second-order valence-electron chi connectivity index (χ2n) is 4.83. The van der Waals surface area contributed by atoms with Crippen LogP contribution in [0.3, 0.4) is 0 Å². The summed E-state index contributed by atoms with van der Waals surface area (Å²) < 4.78 is 10.4. The lowest BCUT2D eigenvalue weighted by molar-refractivity contribution is -0.136. The fourth-order valence-electron chi connectivity index (χ4n) is 1.63. The van der Waals surface area contributed by atoms with Gasteiger partial charge in [-0.3, -0.25) is 9.59 Å². The number of rotatable bonds is 7. The normalized spacial score (nSPS) is 10.4. The van der Waals surface area contributed by atoms with E-state index < -0.39 is 11.8 Å². The summed E-state index contributed by atoms with van der Waals surface area (Å²) in [5, 5.41) is 5.43. The van der Waals surface area contributed by atoms with Gasteiger partial charge in [0.05, 0.1) is 18.9 Å².